The molecule has 14 heavy (non-hydrogen) atoms. The second-order valence-corrected chi connectivity index (χ2v) is 3.52. The van der Waals surface area contributed by atoms with Crippen molar-refractivity contribution in [1.29, 1.82) is 0 Å². The molecule has 0 saturated carbocycles. The fourth-order valence-electron chi connectivity index (χ4n) is 1.47. The van der Waals surface area contributed by atoms with Crippen molar-refractivity contribution in [3.63, 3.8) is 0 Å². The predicted molar refractivity (Wildman–Crippen MR) is 60.0 cm³/mol. The number of ketones is 1. The Morgan fingerprint density at radius 1 is 1.36 bits per heavy atom. The summed E-state index contributed by atoms with van der Waals surface area (Å²) in [7, 11) is 0. The summed E-state index contributed by atoms with van der Waals surface area (Å²) in [5.41, 5.74) is 2.97. The molecule has 0 aromatic heterocycles. The molecule has 0 aliphatic rings. The molecule has 2 heteroatoms. The second kappa shape index (κ2) is 5.16. The molecule has 0 amide bonds. The number of benzene rings is 1. The highest BCUT2D eigenvalue weighted by Crippen LogP contribution is 2.16. The van der Waals surface area contributed by atoms with Gasteiger partial charge in [-0.05, 0) is 23.6 Å². The Morgan fingerprint density at radius 3 is 2.57 bits per heavy atom. The summed E-state index contributed by atoms with van der Waals surface area (Å²) in [6.45, 7) is 3.94. The molecule has 0 fully saturated rings. The fourth-order valence-corrected chi connectivity index (χ4v) is 1.63. The number of aryl methyl sites for hydroxylation is 1. The van der Waals surface area contributed by atoms with Crippen LogP contribution < -0.4 is 0 Å². The van der Waals surface area contributed by atoms with Gasteiger partial charge in [0.2, 0.25) is 0 Å². The Kier molecular flexibility index (Phi) is 4.15. The smallest absolute Gasteiger partial charge is 0.162 e. The van der Waals surface area contributed by atoms with E-state index >= 15 is 0 Å². The summed E-state index contributed by atoms with van der Waals surface area (Å²) in [5, 5.41) is 0. The Balaban J connectivity index is 3.14. The minimum absolute atomic E-state index is 0.203. The van der Waals surface area contributed by atoms with Crippen molar-refractivity contribution >= 4 is 17.4 Å². The summed E-state index contributed by atoms with van der Waals surface area (Å²) in [4.78, 5) is 11.6. The van der Waals surface area contributed by atoms with Crippen molar-refractivity contribution in [2.24, 2.45) is 0 Å². The zero-order valence-corrected chi connectivity index (χ0v) is 9.40. The van der Waals surface area contributed by atoms with E-state index in [2.05, 4.69) is 6.92 Å². The maximum Gasteiger partial charge on any atom is 0.162 e. The molecule has 0 N–H and O–H groups in total. The molecule has 1 rings (SSSR count). The molecule has 0 spiro atoms. The standard InChI is InChI=1S/C12H15ClO/c1-3-10-6-5-9(8-13)7-11(10)12(14)4-2/h5-7H,3-4,8H2,1-2H3. The number of rotatable bonds is 4. The SMILES string of the molecule is CCC(=O)c1cc(CCl)ccc1CC. The fraction of sp³-hybridized carbons (Fsp3) is 0.417. The minimum Gasteiger partial charge on any atom is -0.294 e. The van der Waals surface area contributed by atoms with E-state index in [-0.39, 0.29) is 5.78 Å². The summed E-state index contributed by atoms with van der Waals surface area (Å²) < 4.78 is 0. The molecular weight excluding hydrogens is 196 g/mol. The summed E-state index contributed by atoms with van der Waals surface area (Å²) in [5.74, 6) is 0.669. The van der Waals surface area contributed by atoms with Crippen LogP contribution in [0.4, 0.5) is 0 Å². The minimum atomic E-state index is 0.203. The van der Waals surface area contributed by atoms with Gasteiger partial charge in [0.1, 0.15) is 0 Å². The van der Waals surface area contributed by atoms with E-state index in [9.17, 15) is 4.79 Å². The second-order valence-electron chi connectivity index (χ2n) is 3.26. The van der Waals surface area contributed by atoms with Crippen LogP contribution in [-0.2, 0) is 12.3 Å². The first kappa shape index (κ1) is 11.3. The van der Waals surface area contributed by atoms with Gasteiger partial charge in [0.15, 0.2) is 5.78 Å². The number of carbonyl (C=O) groups is 1. The van der Waals surface area contributed by atoms with Gasteiger partial charge in [-0.3, -0.25) is 4.79 Å². The molecule has 0 atom stereocenters. The van der Waals surface area contributed by atoms with Crippen molar-refractivity contribution < 1.29 is 4.79 Å². The predicted octanol–water partition coefficient (Wildman–Crippen LogP) is 3.58. The third kappa shape index (κ3) is 2.36. The quantitative estimate of drug-likeness (QED) is 0.549. The van der Waals surface area contributed by atoms with Crippen LogP contribution in [0.15, 0.2) is 18.2 Å². The third-order valence-electron chi connectivity index (χ3n) is 2.33. The van der Waals surface area contributed by atoms with Crippen LogP contribution in [0.25, 0.3) is 0 Å². The highest BCUT2D eigenvalue weighted by Gasteiger charge is 2.08. The first-order valence-electron chi connectivity index (χ1n) is 4.93. The molecule has 0 aliphatic carbocycles. The van der Waals surface area contributed by atoms with Gasteiger partial charge in [-0.25, -0.2) is 0 Å². The van der Waals surface area contributed by atoms with Gasteiger partial charge in [0.05, 0.1) is 0 Å². The van der Waals surface area contributed by atoms with Crippen LogP contribution in [0.3, 0.4) is 0 Å². The van der Waals surface area contributed by atoms with E-state index in [4.69, 9.17) is 11.6 Å². The summed E-state index contributed by atoms with van der Waals surface area (Å²) >= 11 is 5.73. The van der Waals surface area contributed by atoms with Crippen LogP contribution in [-0.4, -0.2) is 5.78 Å². The van der Waals surface area contributed by atoms with E-state index in [1.807, 2.05) is 25.1 Å². The first-order chi connectivity index (χ1) is 6.72. The van der Waals surface area contributed by atoms with Crippen LogP contribution >= 0.6 is 11.6 Å². The number of hydrogen-bond acceptors (Lipinski definition) is 1. The number of alkyl halides is 1. The monoisotopic (exact) mass is 210 g/mol. The number of halogens is 1. The van der Waals surface area contributed by atoms with E-state index in [1.54, 1.807) is 0 Å². The molecule has 0 aliphatic heterocycles. The van der Waals surface area contributed by atoms with E-state index in [1.165, 1.54) is 0 Å². The Hall–Kier alpha value is -0.820. The average molecular weight is 211 g/mol. The van der Waals surface area contributed by atoms with Crippen LogP contribution in [0.5, 0.6) is 0 Å². The normalized spacial score (nSPS) is 10.2. The highest BCUT2D eigenvalue weighted by atomic mass is 35.5. The topological polar surface area (TPSA) is 17.1 Å². The Morgan fingerprint density at radius 2 is 2.07 bits per heavy atom. The van der Waals surface area contributed by atoms with Gasteiger partial charge >= 0.3 is 0 Å². The Labute approximate surface area is 90.1 Å². The zero-order chi connectivity index (χ0) is 10.6. The molecule has 0 radical (unpaired) electrons. The van der Waals surface area contributed by atoms with Crippen molar-refractivity contribution in [3.8, 4) is 0 Å². The van der Waals surface area contributed by atoms with Crippen LogP contribution in [0.2, 0.25) is 0 Å². The van der Waals surface area contributed by atoms with Gasteiger partial charge in [0, 0.05) is 17.9 Å². The number of Topliss-reactive ketones (excluding diaryl/α,β-unsaturated/α-hetero) is 1. The van der Waals surface area contributed by atoms with Crippen molar-refractivity contribution in [1.82, 2.24) is 0 Å². The van der Waals surface area contributed by atoms with Gasteiger partial charge in [-0.2, -0.15) is 0 Å². The van der Waals surface area contributed by atoms with Crippen LogP contribution in [0.1, 0.15) is 41.8 Å². The summed E-state index contributed by atoms with van der Waals surface area (Å²) in [6, 6.07) is 5.90. The van der Waals surface area contributed by atoms with Crippen molar-refractivity contribution in [2.75, 3.05) is 0 Å². The zero-order valence-electron chi connectivity index (χ0n) is 8.64. The lowest BCUT2D eigenvalue weighted by Gasteiger charge is -2.07. The van der Waals surface area contributed by atoms with Gasteiger partial charge in [-0.1, -0.05) is 26.0 Å². The number of hydrogen-bond donors (Lipinski definition) is 0. The van der Waals surface area contributed by atoms with Crippen LogP contribution in [0, 0.1) is 0 Å². The number of carbonyl (C=O) groups excluding carboxylic acids is 1. The lowest BCUT2D eigenvalue weighted by Crippen LogP contribution is -2.02. The molecule has 0 unspecified atom stereocenters. The van der Waals surface area contributed by atoms with E-state index in [0.29, 0.717) is 12.3 Å². The molecule has 0 bridgehead atoms. The molecular formula is C12H15ClO. The average Bonchev–Trinajstić information content (AvgIpc) is 2.27. The van der Waals surface area contributed by atoms with E-state index < -0.39 is 0 Å². The van der Waals surface area contributed by atoms with Gasteiger partial charge in [0.25, 0.3) is 0 Å². The van der Waals surface area contributed by atoms with Gasteiger partial charge in [-0.15, -0.1) is 11.6 Å². The molecule has 1 aromatic carbocycles. The molecule has 0 heterocycles. The molecule has 1 aromatic rings. The molecule has 76 valence electrons. The maximum atomic E-state index is 11.6. The van der Waals surface area contributed by atoms with Gasteiger partial charge < -0.3 is 0 Å². The van der Waals surface area contributed by atoms with E-state index in [0.717, 1.165) is 23.1 Å². The van der Waals surface area contributed by atoms with Crippen molar-refractivity contribution in [3.05, 3.63) is 34.9 Å². The molecule has 1 nitrogen and oxygen atoms in total. The lowest BCUT2D eigenvalue weighted by molar-refractivity contribution is 0.0987. The maximum absolute atomic E-state index is 11.6. The summed E-state index contributed by atoms with van der Waals surface area (Å²) in [6.07, 6.45) is 1.45. The third-order valence-corrected chi connectivity index (χ3v) is 2.64. The largest absolute Gasteiger partial charge is 0.294 e. The Bertz CT molecular complexity index is 331. The lowest BCUT2D eigenvalue weighted by atomic mass is 9.98. The first-order valence-corrected chi connectivity index (χ1v) is 5.47. The van der Waals surface area contributed by atoms with Crippen molar-refractivity contribution in [2.45, 2.75) is 32.6 Å². The molecule has 0 saturated heterocycles. The highest BCUT2D eigenvalue weighted by molar-refractivity contribution is 6.17.